The minimum absolute atomic E-state index is 0.157. The van der Waals surface area contributed by atoms with Gasteiger partial charge in [0.15, 0.2) is 11.7 Å². The molecular weight excluding hydrogens is 496 g/mol. The Morgan fingerprint density at radius 1 is 0.868 bits per heavy atom. The van der Waals surface area contributed by atoms with Crippen LogP contribution in [0.25, 0.3) is 0 Å². The minimum atomic E-state index is -1.19. The van der Waals surface area contributed by atoms with E-state index in [1.807, 2.05) is 27.7 Å². The Morgan fingerprint density at radius 3 is 1.89 bits per heavy atom. The number of ether oxygens (including phenoxy) is 5. The first kappa shape index (κ1) is 28.5. The first-order valence-electron chi connectivity index (χ1n) is 13.3. The van der Waals surface area contributed by atoms with E-state index in [9.17, 15) is 24.3 Å². The predicted octanol–water partition coefficient (Wildman–Crippen LogP) is 2.49. The summed E-state index contributed by atoms with van der Waals surface area (Å²) in [4.78, 5) is 48.9. The molecule has 1 saturated heterocycles. The molecule has 11 atom stereocenters. The summed E-state index contributed by atoms with van der Waals surface area (Å²) in [6, 6.07) is 0. The van der Waals surface area contributed by atoms with E-state index in [-0.39, 0.29) is 17.8 Å². The van der Waals surface area contributed by atoms with Crippen LogP contribution in [-0.4, -0.2) is 70.7 Å². The maximum atomic E-state index is 12.3. The smallest absolute Gasteiger partial charge is 0.303 e. The molecule has 1 N–H and O–H groups in total. The zero-order valence-electron chi connectivity index (χ0n) is 23.6. The highest BCUT2D eigenvalue weighted by atomic mass is 16.7. The Labute approximate surface area is 223 Å². The molecule has 3 fully saturated rings. The number of epoxide rings is 1. The number of aliphatic hydroxyl groups is 1. The van der Waals surface area contributed by atoms with E-state index in [0.717, 1.165) is 0 Å². The highest BCUT2D eigenvalue weighted by Gasteiger charge is 2.83. The average Bonchev–Trinajstić information content (AvgIpc) is 3.56. The van der Waals surface area contributed by atoms with E-state index >= 15 is 0 Å². The van der Waals surface area contributed by atoms with Gasteiger partial charge < -0.3 is 28.8 Å². The molecule has 0 bridgehead atoms. The van der Waals surface area contributed by atoms with Crippen molar-refractivity contribution in [1.29, 1.82) is 0 Å². The maximum Gasteiger partial charge on any atom is 0.303 e. The molecule has 0 radical (unpaired) electrons. The van der Waals surface area contributed by atoms with Gasteiger partial charge in [-0.3, -0.25) is 19.2 Å². The molecule has 0 amide bonds. The van der Waals surface area contributed by atoms with E-state index in [1.54, 1.807) is 13.0 Å². The van der Waals surface area contributed by atoms with Gasteiger partial charge in [0.2, 0.25) is 0 Å². The Balaban J connectivity index is 1.93. The monoisotopic (exact) mass is 536 g/mol. The minimum Gasteiger partial charge on any atom is -0.462 e. The second-order valence-electron chi connectivity index (χ2n) is 12.2. The summed E-state index contributed by atoms with van der Waals surface area (Å²) >= 11 is 0. The lowest BCUT2D eigenvalue weighted by Gasteiger charge is -2.32. The molecule has 10 heteroatoms. The number of carbonyl (C=O) groups is 4. The van der Waals surface area contributed by atoms with Gasteiger partial charge in [-0.15, -0.1) is 0 Å². The second-order valence-corrected chi connectivity index (χ2v) is 12.2. The number of hydrogen-bond acceptors (Lipinski definition) is 10. The summed E-state index contributed by atoms with van der Waals surface area (Å²) in [6.45, 7) is 14.7. The van der Waals surface area contributed by atoms with Gasteiger partial charge in [-0.25, -0.2) is 0 Å². The van der Waals surface area contributed by atoms with Gasteiger partial charge in [-0.2, -0.15) is 0 Å². The van der Waals surface area contributed by atoms with Crippen molar-refractivity contribution in [3.05, 3.63) is 11.6 Å². The SMILES string of the molecule is CC(=O)OC1/C(C)=C/C23OC2(CC(C)C3OC(C)=O)C(O)C(C)C(OC(C)=O)C2C(C1OC(C)=O)C2(C)C. The van der Waals surface area contributed by atoms with Gasteiger partial charge in [0.05, 0.1) is 6.10 Å². The van der Waals surface area contributed by atoms with Crippen molar-refractivity contribution < 1.29 is 48.0 Å². The largest absolute Gasteiger partial charge is 0.462 e. The van der Waals surface area contributed by atoms with Gasteiger partial charge >= 0.3 is 23.9 Å². The molecule has 1 heterocycles. The average molecular weight is 537 g/mol. The lowest BCUT2D eigenvalue weighted by Crippen LogP contribution is -2.46. The lowest BCUT2D eigenvalue weighted by molar-refractivity contribution is -0.166. The third-order valence-electron chi connectivity index (χ3n) is 9.11. The molecule has 11 unspecified atom stereocenters. The van der Waals surface area contributed by atoms with Gasteiger partial charge in [-0.05, 0) is 36.3 Å². The van der Waals surface area contributed by atoms with Crippen LogP contribution in [0.15, 0.2) is 11.6 Å². The van der Waals surface area contributed by atoms with E-state index in [4.69, 9.17) is 23.7 Å². The van der Waals surface area contributed by atoms with Crippen molar-refractivity contribution in [3.63, 3.8) is 0 Å². The molecule has 3 aliphatic carbocycles. The maximum absolute atomic E-state index is 12.3. The van der Waals surface area contributed by atoms with E-state index in [0.29, 0.717) is 12.0 Å². The number of fused-ring (bicyclic) bond motifs is 1. The van der Waals surface area contributed by atoms with Crippen molar-refractivity contribution in [3.8, 4) is 0 Å². The molecule has 212 valence electrons. The molecule has 10 nitrogen and oxygen atoms in total. The molecule has 4 rings (SSSR count). The Hall–Kier alpha value is -2.46. The summed E-state index contributed by atoms with van der Waals surface area (Å²) in [5.41, 5.74) is -2.23. The third-order valence-corrected chi connectivity index (χ3v) is 9.11. The zero-order valence-corrected chi connectivity index (χ0v) is 23.6. The fourth-order valence-corrected chi connectivity index (χ4v) is 7.62. The number of aliphatic hydroxyl groups excluding tert-OH is 1. The quantitative estimate of drug-likeness (QED) is 0.247. The van der Waals surface area contributed by atoms with Crippen molar-refractivity contribution in [2.45, 2.75) is 110 Å². The van der Waals surface area contributed by atoms with Crippen LogP contribution in [0.3, 0.4) is 0 Å². The van der Waals surface area contributed by atoms with Gasteiger partial charge in [0.25, 0.3) is 0 Å². The van der Waals surface area contributed by atoms with E-state index in [1.165, 1.54) is 27.7 Å². The number of rotatable bonds is 4. The number of hydrogen-bond donors (Lipinski definition) is 1. The summed E-state index contributed by atoms with van der Waals surface area (Å²) in [7, 11) is 0. The molecule has 0 aromatic heterocycles. The molecule has 0 aromatic carbocycles. The summed E-state index contributed by atoms with van der Waals surface area (Å²) in [6.07, 6.45) is -2.22. The fourth-order valence-electron chi connectivity index (χ4n) is 7.62. The van der Waals surface area contributed by atoms with Crippen molar-refractivity contribution in [2.75, 3.05) is 0 Å². The molecule has 38 heavy (non-hydrogen) atoms. The van der Waals surface area contributed by atoms with Crippen LogP contribution in [-0.2, 0) is 42.9 Å². The second kappa shape index (κ2) is 9.33. The molecule has 0 spiro atoms. The highest BCUT2D eigenvalue weighted by molar-refractivity contribution is 5.69. The summed E-state index contributed by atoms with van der Waals surface area (Å²) < 4.78 is 29.6. The van der Waals surface area contributed by atoms with Crippen LogP contribution in [0.5, 0.6) is 0 Å². The van der Waals surface area contributed by atoms with Crippen LogP contribution < -0.4 is 0 Å². The topological polar surface area (TPSA) is 138 Å². The van der Waals surface area contributed by atoms with Crippen LogP contribution in [0.4, 0.5) is 0 Å². The van der Waals surface area contributed by atoms with Crippen molar-refractivity contribution in [2.24, 2.45) is 29.1 Å². The van der Waals surface area contributed by atoms with Crippen molar-refractivity contribution >= 4 is 23.9 Å². The third kappa shape index (κ3) is 4.33. The van der Waals surface area contributed by atoms with Crippen molar-refractivity contribution in [1.82, 2.24) is 0 Å². The first-order chi connectivity index (χ1) is 17.5. The first-order valence-corrected chi connectivity index (χ1v) is 13.3. The van der Waals surface area contributed by atoms with Crippen LogP contribution in [0, 0.1) is 29.1 Å². The van der Waals surface area contributed by atoms with Gasteiger partial charge in [-0.1, -0.05) is 27.7 Å². The Morgan fingerprint density at radius 2 is 1.37 bits per heavy atom. The standard InChI is InChI=1S/C28H40O10/c1-12-10-28-25(37-18(7)32)13(2)11-27(28,38-28)24(33)14(3)22(35-16(5)30)19-20(26(19,8)9)23(36-17(6)31)21(12)34-15(4)29/h10,13-14,19-25,33H,11H2,1-9H3/b12-10+. The van der Waals surface area contributed by atoms with Crippen LogP contribution >= 0.6 is 0 Å². The van der Waals surface area contributed by atoms with E-state index < -0.39 is 76.9 Å². The lowest BCUT2D eigenvalue weighted by atomic mass is 9.79. The Kier molecular flexibility index (Phi) is 7.01. The number of carbonyl (C=O) groups excluding carboxylic acids is 4. The molecule has 2 saturated carbocycles. The zero-order chi connectivity index (χ0) is 28.5. The van der Waals surface area contributed by atoms with Gasteiger partial charge in [0, 0.05) is 45.4 Å². The van der Waals surface area contributed by atoms with Crippen LogP contribution in [0.1, 0.15) is 68.7 Å². The van der Waals surface area contributed by atoms with Gasteiger partial charge in [0.1, 0.15) is 23.9 Å². The normalized spacial score (nSPS) is 45.9. The predicted molar refractivity (Wildman–Crippen MR) is 132 cm³/mol. The molecular formula is C28H40O10. The fraction of sp³-hybridized carbons (Fsp3) is 0.786. The molecule has 0 aromatic rings. The van der Waals surface area contributed by atoms with E-state index in [2.05, 4.69) is 0 Å². The summed E-state index contributed by atoms with van der Waals surface area (Å²) in [5, 5.41) is 11.9. The van der Waals surface area contributed by atoms with Crippen LogP contribution in [0.2, 0.25) is 0 Å². The highest BCUT2D eigenvalue weighted by Crippen LogP contribution is 2.69. The molecule has 1 aliphatic heterocycles. The Bertz CT molecular complexity index is 1060. The summed E-state index contributed by atoms with van der Waals surface area (Å²) in [5.74, 6) is -3.48. The number of esters is 4. The molecule has 4 aliphatic rings.